The first kappa shape index (κ1) is 21.1. The second kappa shape index (κ2) is 10.2. The summed E-state index contributed by atoms with van der Waals surface area (Å²) in [4.78, 5) is 28.0. The van der Waals surface area contributed by atoms with E-state index in [0.29, 0.717) is 4.88 Å². The monoisotopic (exact) mass is 387 g/mol. The maximum Gasteiger partial charge on any atom is 0.262 e. The lowest BCUT2D eigenvalue weighted by molar-refractivity contribution is -0.118. The van der Waals surface area contributed by atoms with E-state index in [1.54, 1.807) is 6.07 Å². The van der Waals surface area contributed by atoms with Gasteiger partial charge >= 0.3 is 0 Å². The predicted molar refractivity (Wildman–Crippen MR) is 112 cm³/mol. The summed E-state index contributed by atoms with van der Waals surface area (Å²) in [5, 5.41) is 7.66. The summed E-state index contributed by atoms with van der Waals surface area (Å²) in [6.07, 6.45) is 0. The maximum atomic E-state index is 12.8. The Balaban J connectivity index is 2.05. The fourth-order valence-electron chi connectivity index (χ4n) is 2.83. The Bertz CT molecular complexity index is 740. The van der Waals surface area contributed by atoms with E-state index in [1.165, 1.54) is 11.3 Å². The van der Waals surface area contributed by atoms with Crippen LogP contribution in [0.1, 0.15) is 42.9 Å². The molecule has 5 nitrogen and oxygen atoms in total. The van der Waals surface area contributed by atoms with Crippen LogP contribution < -0.4 is 10.6 Å². The lowest BCUT2D eigenvalue weighted by atomic mass is 10.0. The van der Waals surface area contributed by atoms with Gasteiger partial charge in [-0.15, -0.1) is 11.3 Å². The Morgan fingerprint density at radius 1 is 1.11 bits per heavy atom. The molecule has 2 rings (SSSR count). The molecule has 27 heavy (non-hydrogen) atoms. The SMILES string of the molecule is CCN(CC)Cc1cccc(NC(=O)C(NC(=O)c2cccs2)C(C)C)c1. The van der Waals surface area contributed by atoms with E-state index in [1.807, 2.05) is 43.5 Å². The number of amides is 2. The highest BCUT2D eigenvalue weighted by Gasteiger charge is 2.25. The molecule has 1 unspecified atom stereocenters. The van der Waals surface area contributed by atoms with Crippen LogP contribution >= 0.6 is 11.3 Å². The molecular weight excluding hydrogens is 358 g/mol. The summed E-state index contributed by atoms with van der Waals surface area (Å²) in [6, 6.07) is 10.9. The highest BCUT2D eigenvalue weighted by molar-refractivity contribution is 7.12. The van der Waals surface area contributed by atoms with Crippen molar-refractivity contribution < 1.29 is 9.59 Å². The number of carbonyl (C=O) groups is 2. The zero-order valence-electron chi connectivity index (χ0n) is 16.5. The Morgan fingerprint density at radius 3 is 2.44 bits per heavy atom. The molecule has 0 radical (unpaired) electrons. The second-order valence-electron chi connectivity index (χ2n) is 6.82. The lowest BCUT2D eigenvalue weighted by Crippen LogP contribution is -2.46. The van der Waals surface area contributed by atoms with Crippen LogP contribution in [0.2, 0.25) is 0 Å². The van der Waals surface area contributed by atoms with Gasteiger partial charge in [-0.1, -0.05) is 45.9 Å². The van der Waals surface area contributed by atoms with Crippen LogP contribution in [0, 0.1) is 5.92 Å². The Kier molecular flexibility index (Phi) is 8.00. The van der Waals surface area contributed by atoms with Crippen LogP contribution in [0.15, 0.2) is 41.8 Å². The first-order valence-corrected chi connectivity index (χ1v) is 10.3. The quantitative estimate of drug-likeness (QED) is 0.684. The molecule has 0 spiro atoms. The minimum Gasteiger partial charge on any atom is -0.339 e. The van der Waals surface area contributed by atoms with Crippen LogP contribution in [0.5, 0.6) is 0 Å². The number of carbonyl (C=O) groups excluding carboxylic acids is 2. The van der Waals surface area contributed by atoms with Crippen molar-refractivity contribution in [2.45, 2.75) is 40.3 Å². The van der Waals surface area contributed by atoms with E-state index >= 15 is 0 Å². The van der Waals surface area contributed by atoms with Crippen molar-refractivity contribution in [1.82, 2.24) is 10.2 Å². The molecule has 1 aromatic heterocycles. The molecule has 0 fully saturated rings. The molecular formula is C21H29N3O2S. The van der Waals surface area contributed by atoms with E-state index in [4.69, 9.17) is 0 Å². The molecule has 0 aliphatic heterocycles. The van der Waals surface area contributed by atoms with Gasteiger partial charge < -0.3 is 10.6 Å². The van der Waals surface area contributed by atoms with Crippen LogP contribution in [-0.4, -0.2) is 35.8 Å². The average Bonchev–Trinajstić information content (AvgIpc) is 3.18. The van der Waals surface area contributed by atoms with Gasteiger partial charge in [-0.25, -0.2) is 0 Å². The molecule has 0 saturated carbocycles. The van der Waals surface area contributed by atoms with Gasteiger partial charge in [0.25, 0.3) is 5.91 Å². The lowest BCUT2D eigenvalue weighted by Gasteiger charge is -2.22. The number of hydrogen-bond donors (Lipinski definition) is 2. The maximum absolute atomic E-state index is 12.8. The Morgan fingerprint density at radius 2 is 1.85 bits per heavy atom. The van der Waals surface area contributed by atoms with Gasteiger partial charge in [-0.05, 0) is 48.2 Å². The molecule has 0 aliphatic rings. The second-order valence-corrected chi connectivity index (χ2v) is 7.77. The van der Waals surface area contributed by atoms with Gasteiger partial charge in [0.15, 0.2) is 0 Å². The number of anilines is 1. The van der Waals surface area contributed by atoms with Gasteiger partial charge in [0.1, 0.15) is 6.04 Å². The molecule has 0 saturated heterocycles. The number of nitrogens with zero attached hydrogens (tertiary/aromatic N) is 1. The number of nitrogens with one attached hydrogen (secondary N) is 2. The summed E-state index contributed by atoms with van der Waals surface area (Å²) in [7, 11) is 0. The minimum absolute atomic E-state index is 0.0206. The number of benzene rings is 1. The van der Waals surface area contributed by atoms with Gasteiger partial charge in [-0.2, -0.15) is 0 Å². The van der Waals surface area contributed by atoms with Crippen molar-refractivity contribution in [1.29, 1.82) is 0 Å². The average molecular weight is 388 g/mol. The summed E-state index contributed by atoms with van der Waals surface area (Å²) < 4.78 is 0. The van der Waals surface area contributed by atoms with Gasteiger partial charge in [0.05, 0.1) is 4.88 Å². The normalized spacial score (nSPS) is 12.2. The van der Waals surface area contributed by atoms with Gasteiger partial charge in [0, 0.05) is 12.2 Å². The fraction of sp³-hybridized carbons (Fsp3) is 0.429. The minimum atomic E-state index is -0.592. The van der Waals surface area contributed by atoms with Crippen molar-refractivity contribution in [3.63, 3.8) is 0 Å². The van der Waals surface area contributed by atoms with Crippen LogP contribution in [0.3, 0.4) is 0 Å². The topological polar surface area (TPSA) is 61.4 Å². The molecule has 2 N–H and O–H groups in total. The number of hydrogen-bond acceptors (Lipinski definition) is 4. The summed E-state index contributed by atoms with van der Waals surface area (Å²) in [5.74, 6) is -0.434. The summed E-state index contributed by atoms with van der Waals surface area (Å²) >= 11 is 1.36. The third kappa shape index (κ3) is 6.19. The van der Waals surface area contributed by atoms with E-state index < -0.39 is 6.04 Å². The standard InChI is InChI=1S/C21H29N3O2S/c1-5-24(6-2)14-16-9-7-10-17(13-16)22-21(26)19(15(3)4)23-20(25)18-11-8-12-27-18/h7-13,15,19H,5-6,14H2,1-4H3,(H,22,26)(H,23,25). The van der Waals surface area contributed by atoms with Crippen molar-refractivity contribution >= 4 is 28.8 Å². The highest BCUT2D eigenvalue weighted by Crippen LogP contribution is 2.15. The van der Waals surface area contributed by atoms with Crippen molar-refractivity contribution in [3.8, 4) is 0 Å². The molecule has 1 heterocycles. The Hall–Kier alpha value is -2.18. The molecule has 2 amide bonds. The van der Waals surface area contributed by atoms with E-state index in [-0.39, 0.29) is 17.7 Å². The predicted octanol–water partition coefficient (Wildman–Crippen LogP) is 3.98. The van der Waals surface area contributed by atoms with Gasteiger partial charge in [0.2, 0.25) is 5.91 Å². The van der Waals surface area contributed by atoms with E-state index in [2.05, 4.69) is 35.4 Å². The zero-order chi connectivity index (χ0) is 19.8. The molecule has 6 heteroatoms. The van der Waals surface area contributed by atoms with Crippen LogP contribution in [-0.2, 0) is 11.3 Å². The Labute approximate surface area is 165 Å². The fourth-order valence-corrected chi connectivity index (χ4v) is 3.45. The van der Waals surface area contributed by atoms with Crippen molar-refractivity contribution in [3.05, 3.63) is 52.2 Å². The number of rotatable bonds is 9. The largest absolute Gasteiger partial charge is 0.339 e. The summed E-state index contributed by atoms with van der Waals surface area (Å²) in [6.45, 7) is 10.9. The third-order valence-electron chi connectivity index (χ3n) is 4.48. The zero-order valence-corrected chi connectivity index (χ0v) is 17.3. The van der Waals surface area contributed by atoms with Crippen molar-refractivity contribution in [2.24, 2.45) is 5.92 Å². The third-order valence-corrected chi connectivity index (χ3v) is 5.34. The molecule has 2 aromatic rings. The van der Waals surface area contributed by atoms with Gasteiger partial charge in [-0.3, -0.25) is 14.5 Å². The van der Waals surface area contributed by atoms with Crippen LogP contribution in [0.25, 0.3) is 0 Å². The first-order valence-electron chi connectivity index (χ1n) is 9.41. The molecule has 0 aliphatic carbocycles. The first-order chi connectivity index (χ1) is 12.9. The molecule has 0 bridgehead atoms. The van der Waals surface area contributed by atoms with Crippen molar-refractivity contribution in [2.75, 3.05) is 18.4 Å². The smallest absolute Gasteiger partial charge is 0.262 e. The number of thiophene rings is 1. The van der Waals surface area contributed by atoms with E-state index in [9.17, 15) is 9.59 Å². The molecule has 146 valence electrons. The van der Waals surface area contributed by atoms with Crippen LogP contribution in [0.4, 0.5) is 5.69 Å². The van der Waals surface area contributed by atoms with E-state index in [0.717, 1.165) is 30.9 Å². The highest BCUT2D eigenvalue weighted by atomic mass is 32.1. The summed E-state index contributed by atoms with van der Waals surface area (Å²) in [5.41, 5.74) is 1.90. The molecule has 1 aromatic carbocycles. The molecule has 1 atom stereocenters.